The van der Waals surface area contributed by atoms with Gasteiger partial charge in [0.2, 0.25) is 5.91 Å². The average Bonchev–Trinajstić information content (AvgIpc) is 2.99. The number of aryl methyl sites for hydroxylation is 1. The molecule has 1 amide bonds. The Morgan fingerprint density at radius 1 is 1.37 bits per heavy atom. The van der Waals surface area contributed by atoms with Crippen LogP contribution in [0.4, 0.5) is 5.00 Å². The summed E-state index contributed by atoms with van der Waals surface area (Å²) in [7, 11) is 0. The van der Waals surface area contributed by atoms with Crippen molar-refractivity contribution in [3.8, 4) is 12.1 Å². The zero-order valence-electron chi connectivity index (χ0n) is 15.7. The molecule has 0 aliphatic heterocycles. The lowest BCUT2D eigenvalue weighted by Gasteiger charge is -2.21. The number of benzene rings is 1. The molecule has 0 fully saturated rings. The molecular weight excluding hydrogens is 376 g/mol. The Kier molecular flexibility index (Phi) is 7.84. The molecule has 0 unspecified atom stereocenters. The maximum absolute atomic E-state index is 12.9. The summed E-state index contributed by atoms with van der Waals surface area (Å²) in [5.41, 5.74) is 2.30. The zero-order valence-corrected chi connectivity index (χ0v) is 17.4. The molecule has 0 atom stereocenters. The third kappa shape index (κ3) is 6.09. The summed E-state index contributed by atoms with van der Waals surface area (Å²) in [6.07, 6.45) is 0.876. The number of nitrogens with zero attached hydrogens (tertiary/aromatic N) is 4. The maximum Gasteiger partial charge on any atom is 0.237 e. The number of aromatic nitrogens is 1. The van der Waals surface area contributed by atoms with Crippen molar-refractivity contribution in [2.24, 2.45) is 5.92 Å². The van der Waals surface area contributed by atoms with E-state index in [4.69, 9.17) is 10.5 Å². The summed E-state index contributed by atoms with van der Waals surface area (Å²) >= 11 is 2.85. The van der Waals surface area contributed by atoms with Crippen LogP contribution in [0.5, 0.6) is 0 Å². The fourth-order valence-corrected chi connectivity index (χ4v) is 4.40. The first-order chi connectivity index (χ1) is 12.9. The minimum Gasteiger partial charge on any atom is -0.297 e. The van der Waals surface area contributed by atoms with E-state index >= 15 is 0 Å². The molecule has 0 saturated heterocycles. The third-order valence-electron chi connectivity index (χ3n) is 3.73. The number of hydrogen-bond donors (Lipinski definition) is 0. The van der Waals surface area contributed by atoms with E-state index in [9.17, 15) is 4.79 Å². The van der Waals surface area contributed by atoms with Crippen LogP contribution in [0.15, 0.2) is 24.3 Å². The normalized spacial score (nSPS) is 10.4. The number of amides is 1. The molecule has 7 heteroatoms. The third-order valence-corrected chi connectivity index (χ3v) is 5.72. The maximum atomic E-state index is 12.9. The van der Waals surface area contributed by atoms with Gasteiger partial charge in [-0.3, -0.25) is 9.69 Å². The molecule has 0 N–H and O–H groups in total. The number of anilines is 1. The summed E-state index contributed by atoms with van der Waals surface area (Å²) in [4.78, 5) is 19.2. The van der Waals surface area contributed by atoms with Gasteiger partial charge in [0.1, 0.15) is 5.00 Å². The molecule has 0 aliphatic rings. The first-order valence-electron chi connectivity index (χ1n) is 8.65. The predicted molar refractivity (Wildman–Crippen MR) is 111 cm³/mol. The van der Waals surface area contributed by atoms with E-state index in [1.54, 1.807) is 28.4 Å². The van der Waals surface area contributed by atoms with Crippen molar-refractivity contribution in [2.45, 2.75) is 33.7 Å². The van der Waals surface area contributed by atoms with Gasteiger partial charge in [0.05, 0.1) is 46.5 Å². The van der Waals surface area contributed by atoms with Gasteiger partial charge in [0.15, 0.2) is 0 Å². The zero-order chi connectivity index (χ0) is 19.8. The number of thioether (sulfide) groups is 1. The van der Waals surface area contributed by atoms with Gasteiger partial charge >= 0.3 is 0 Å². The summed E-state index contributed by atoms with van der Waals surface area (Å²) in [6.45, 7) is 6.59. The Balaban J connectivity index is 2.32. The molecule has 5 nitrogen and oxygen atoms in total. The van der Waals surface area contributed by atoms with Crippen LogP contribution in [0, 0.1) is 35.5 Å². The highest BCUT2D eigenvalue weighted by Gasteiger charge is 2.22. The minimum absolute atomic E-state index is 0.0551. The lowest BCUT2D eigenvalue weighted by molar-refractivity contribution is -0.116. The van der Waals surface area contributed by atoms with Gasteiger partial charge in [-0.05, 0) is 30.5 Å². The number of rotatable bonds is 8. The number of hydrogen-bond acceptors (Lipinski definition) is 6. The molecular formula is C20H22N4OS2. The van der Waals surface area contributed by atoms with E-state index in [0.717, 1.165) is 27.7 Å². The van der Waals surface area contributed by atoms with Crippen LogP contribution in [0.1, 0.15) is 35.7 Å². The van der Waals surface area contributed by atoms with Gasteiger partial charge in [0.25, 0.3) is 0 Å². The van der Waals surface area contributed by atoms with Gasteiger partial charge in [0, 0.05) is 6.42 Å². The Hall–Kier alpha value is -2.35. The first kappa shape index (κ1) is 21.0. The van der Waals surface area contributed by atoms with Crippen molar-refractivity contribution in [1.82, 2.24) is 4.98 Å². The van der Waals surface area contributed by atoms with Gasteiger partial charge < -0.3 is 0 Å². The van der Waals surface area contributed by atoms with Gasteiger partial charge in [-0.15, -0.1) is 23.1 Å². The molecule has 2 aromatic rings. The molecule has 1 aromatic carbocycles. The molecule has 0 spiro atoms. The summed E-state index contributed by atoms with van der Waals surface area (Å²) < 4.78 is 0. The molecule has 0 saturated carbocycles. The number of thiazole rings is 1. The van der Waals surface area contributed by atoms with Crippen LogP contribution in [0.2, 0.25) is 0 Å². The second-order valence-corrected chi connectivity index (χ2v) is 8.59. The van der Waals surface area contributed by atoms with Gasteiger partial charge in [-0.1, -0.05) is 26.0 Å². The fourth-order valence-electron chi connectivity index (χ4n) is 2.59. The predicted octanol–water partition coefficient (Wildman–Crippen LogP) is 4.31. The second-order valence-electron chi connectivity index (χ2n) is 6.54. The molecule has 27 heavy (non-hydrogen) atoms. The number of carbonyl (C=O) groups excluding carboxylic acids is 1. The van der Waals surface area contributed by atoms with Gasteiger partial charge in [-0.2, -0.15) is 10.5 Å². The lowest BCUT2D eigenvalue weighted by Crippen LogP contribution is -2.32. The minimum atomic E-state index is -0.0551. The summed E-state index contributed by atoms with van der Waals surface area (Å²) in [5.74, 6) is 0.957. The van der Waals surface area contributed by atoms with E-state index in [-0.39, 0.29) is 17.4 Å². The molecule has 0 radical (unpaired) electrons. The number of nitriles is 2. The Bertz CT molecular complexity index is 877. The van der Waals surface area contributed by atoms with Crippen LogP contribution in [-0.2, 0) is 17.8 Å². The van der Waals surface area contributed by atoms with Crippen LogP contribution >= 0.6 is 23.1 Å². The highest BCUT2D eigenvalue weighted by atomic mass is 32.2. The SMILES string of the molecule is Cc1nc(CC(C)C)sc1N(Cc1cccc(C#N)c1)C(=O)CSCC#N. The molecule has 1 heterocycles. The van der Waals surface area contributed by atoms with E-state index < -0.39 is 0 Å². The van der Waals surface area contributed by atoms with E-state index in [1.807, 2.05) is 19.1 Å². The highest BCUT2D eigenvalue weighted by Crippen LogP contribution is 2.31. The van der Waals surface area contributed by atoms with Crippen molar-refractivity contribution in [3.63, 3.8) is 0 Å². The van der Waals surface area contributed by atoms with E-state index in [0.29, 0.717) is 18.0 Å². The van der Waals surface area contributed by atoms with Crippen LogP contribution in [0.25, 0.3) is 0 Å². The second kappa shape index (κ2) is 10.1. The fraction of sp³-hybridized carbons (Fsp3) is 0.400. The summed E-state index contributed by atoms with van der Waals surface area (Å²) in [5, 5.41) is 19.7. The van der Waals surface area contributed by atoms with Crippen molar-refractivity contribution in [2.75, 3.05) is 16.4 Å². The Morgan fingerprint density at radius 3 is 2.81 bits per heavy atom. The van der Waals surface area contributed by atoms with Crippen LogP contribution in [0.3, 0.4) is 0 Å². The Labute approximate surface area is 168 Å². The van der Waals surface area contributed by atoms with Crippen LogP contribution < -0.4 is 4.90 Å². The van der Waals surface area contributed by atoms with Gasteiger partial charge in [-0.25, -0.2) is 4.98 Å². The van der Waals surface area contributed by atoms with Crippen LogP contribution in [-0.4, -0.2) is 22.4 Å². The smallest absolute Gasteiger partial charge is 0.237 e. The van der Waals surface area contributed by atoms with Crippen molar-refractivity contribution >= 4 is 34.0 Å². The molecule has 1 aromatic heterocycles. The topological polar surface area (TPSA) is 80.8 Å². The molecule has 0 bridgehead atoms. The van der Waals surface area contributed by atoms with Crippen molar-refractivity contribution in [1.29, 1.82) is 10.5 Å². The van der Waals surface area contributed by atoms with Crippen molar-refractivity contribution < 1.29 is 4.79 Å². The largest absolute Gasteiger partial charge is 0.297 e. The molecule has 140 valence electrons. The molecule has 2 rings (SSSR count). The van der Waals surface area contributed by atoms with E-state index in [1.165, 1.54) is 11.8 Å². The standard InChI is InChI=1S/C20H22N4OS2/c1-14(2)9-18-23-15(3)20(27-18)24(19(25)13-26-8-7-21)12-17-6-4-5-16(10-17)11-22/h4-6,10,14H,8-9,12-13H2,1-3H3. The number of carbonyl (C=O) groups is 1. The quantitative estimate of drug-likeness (QED) is 0.619. The Morgan fingerprint density at radius 2 is 2.15 bits per heavy atom. The lowest BCUT2D eigenvalue weighted by atomic mass is 10.1. The summed E-state index contributed by atoms with van der Waals surface area (Å²) in [6, 6.07) is 11.5. The highest BCUT2D eigenvalue weighted by molar-refractivity contribution is 8.00. The molecule has 0 aliphatic carbocycles. The van der Waals surface area contributed by atoms with E-state index in [2.05, 4.69) is 31.0 Å². The average molecular weight is 399 g/mol. The monoisotopic (exact) mass is 398 g/mol. The van der Waals surface area contributed by atoms with Crippen molar-refractivity contribution in [3.05, 3.63) is 46.1 Å². The first-order valence-corrected chi connectivity index (χ1v) is 10.6.